The second-order valence-corrected chi connectivity index (χ2v) is 9.80. The van der Waals surface area contributed by atoms with E-state index in [0.29, 0.717) is 37.8 Å². The SMILES string of the molecule is CC(C)CC(NC(=O)C1CCCN1)C(=O)NC(Cc1ccc(O)cc1)C(=O)N1CCCC1C(=O)O. The second kappa shape index (κ2) is 12.0. The van der Waals surface area contributed by atoms with Crippen molar-refractivity contribution in [1.29, 1.82) is 0 Å². The molecule has 0 spiro atoms. The predicted molar refractivity (Wildman–Crippen MR) is 129 cm³/mol. The van der Waals surface area contributed by atoms with Crippen LogP contribution in [0.3, 0.4) is 0 Å². The number of likely N-dealkylation sites (tertiary alicyclic amines) is 1. The number of hydrogen-bond acceptors (Lipinski definition) is 6. The number of benzene rings is 1. The van der Waals surface area contributed by atoms with Crippen LogP contribution in [0.1, 0.15) is 51.5 Å². The van der Waals surface area contributed by atoms with Crippen LogP contribution in [-0.2, 0) is 25.6 Å². The first-order valence-electron chi connectivity index (χ1n) is 12.3. The fourth-order valence-electron chi connectivity index (χ4n) is 4.71. The molecule has 3 amide bonds. The number of carboxylic acid groups (broad SMARTS) is 1. The molecule has 0 saturated carbocycles. The Hall–Kier alpha value is -3.14. The Morgan fingerprint density at radius 3 is 2.37 bits per heavy atom. The number of nitrogens with one attached hydrogen (secondary N) is 3. The fraction of sp³-hybridized carbons (Fsp3) is 0.600. The minimum atomic E-state index is -1.07. The van der Waals surface area contributed by atoms with Crippen molar-refractivity contribution in [2.75, 3.05) is 13.1 Å². The van der Waals surface area contributed by atoms with E-state index in [0.717, 1.165) is 13.0 Å². The number of nitrogens with zero attached hydrogens (tertiary/aromatic N) is 1. The zero-order chi connectivity index (χ0) is 25.5. The molecule has 0 bridgehead atoms. The molecule has 1 aromatic rings. The number of carbonyl (C=O) groups is 4. The van der Waals surface area contributed by atoms with Crippen LogP contribution < -0.4 is 16.0 Å². The number of carbonyl (C=O) groups excluding carboxylic acids is 3. The maximum absolute atomic E-state index is 13.4. The molecule has 2 saturated heterocycles. The van der Waals surface area contributed by atoms with Crippen molar-refractivity contribution in [3.63, 3.8) is 0 Å². The Labute approximate surface area is 205 Å². The van der Waals surface area contributed by atoms with Crippen molar-refractivity contribution in [3.8, 4) is 5.75 Å². The van der Waals surface area contributed by atoms with E-state index in [4.69, 9.17) is 0 Å². The Bertz CT molecular complexity index is 913. The average Bonchev–Trinajstić information content (AvgIpc) is 3.51. The summed E-state index contributed by atoms with van der Waals surface area (Å²) < 4.78 is 0. The third-order valence-electron chi connectivity index (χ3n) is 6.53. The van der Waals surface area contributed by atoms with E-state index in [1.165, 1.54) is 17.0 Å². The summed E-state index contributed by atoms with van der Waals surface area (Å²) in [6.07, 6.45) is 3.05. The molecule has 2 heterocycles. The van der Waals surface area contributed by atoms with Crippen LogP contribution in [0.4, 0.5) is 0 Å². The number of carboxylic acids is 1. The molecular formula is C25H36N4O6. The lowest BCUT2D eigenvalue weighted by molar-refractivity contribution is -0.149. The van der Waals surface area contributed by atoms with E-state index in [1.807, 2.05) is 13.8 Å². The minimum Gasteiger partial charge on any atom is -0.508 e. The van der Waals surface area contributed by atoms with E-state index in [2.05, 4.69) is 16.0 Å². The van der Waals surface area contributed by atoms with Crippen LogP contribution in [0.2, 0.25) is 0 Å². The number of hydrogen-bond donors (Lipinski definition) is 5. The zero-order valence-electron chi connectivity index (χ0n) is 20.3. The lowest BCUT2D eigenvalue weighted by atomic mass is 10.00. The molecule has 2 aliphatic heterocycles. The molecule has 3 rings (SSSR count). The molecule has 2 aliphatic rings. The average molecular weight is 489 g/mol. The second-order valence-electron chi connectivity index (χ2n) is 9.80. The number of aliphatic carboxylic acids is 1. The summed E-state index contributed by atoms with van der Waals surface area (Å²) in [4.78, 5) is 52.5. The van der Waals surface area contributed by atoms with Crippen molar-refractivity contribution < 1.29 is 29.4 Å². The van der Waals surface area contributed by atoms with Gasteiger partial charge in [0.15, 0.2) is 0 Å². The van der Waals surface area contributed by atoms with Crippen LogP contribution in [0, 0.1) is 5.92 Å². The van der Waals surface area contributed by atoms with Crippen LogP contribution >= 0.6 is 0 Å². The van der Waals surface area contributed by atoms with Gasteiger partial charge in [0, 0.05) is 13.0 Å². The molecule has 4 unspecified atom stereocenters. The largest absolute Gasteiger partial charge is 0.508 e. The molecule has 1 aromatic carbocycles. The van der Waals surface area contributed by atoms with Gasteiger partial charge >= 0.3 is 5.97 Å². The first-order valence-corrected chi connectivity index (χ1v) is 12.3. The van der Waals surface area contributed by atoms with Gasteiger partial charge in [-0.15, -0.1) is 0 Å². The van der Waals surface area contributed by atoms with E-state index < -0.39 is 35.9 Å². The number of amides is 3. The van der Waals surface area contributed by atoms with Gasteiger partial charge in [-0.3, -0.25) is 14.4 Å². The molecule has 0 aromatic heterocycles. The first-order chi connectivity index (χ1) is 16.7. The molecule has 4 atom stereocenters. The Morgan fingerprint density at radius 2 is 1.77 bits per heavy atom. The monoisotopic (exact) mass is 488 g/mol. The molecule has 0 aliphatic carbocycles. The third-order valence-corrected chi connectivity index (χ3v) is 6.53. The highest BCUT2D eigenvalue weighted by Crippen LogP contribution is 2.20. The van der Waals surface area contributed by atoms with Crippen molar-refractivity contribution >= 4 is 23.7 Å². The number of aromatic hydroxyl groups is 1. The standard InChI is InChI=1S/C25H36N4O6/c1-15(2)13-19(27-22(31)18-5-3-11-26-18)23(32)28-20(14-16-7-9-17(30)10-8-16)24(33)29-12-4-6-21(29)25(34)35/h7-10,15,18-21,26,30H,3-6,11-14H2,1-2H3,(H,27,31)(H,28,32)(H,34,35). The van der Waals surface area contributed by atoms with Crippen molar-refractivity contribution in [1.82, 2.24) is 20.9 Å². The fourth-order valence-corrected chi connectivity index (χ4v) is 4.71. The molecule has 2 fully saturated rings. The van der Waals surface area contributed by atoms with Gasteiger partial charge in [0.25, 0.3) is 0 Å². The first kappa shape index (κ1) is 26.5. The van der Waals surface area contributed by atoms with E-state index in [1.54, 1.807) is 12.1 Å². The van der Waals surface area contributed by atoms with Gasteiger partial charge < -0.3 is 31.1 Å². The third kappa shape index (κ3) is 7.17. The molecule has 192 valence electrons. The number of phenolic OH excluding ortho intramolecular Hbond substituents is 1. The summed E-state index contributed by atoms with van der Waals surface area (Å²) in [6, 6.07) is 3.18. The summed E-state index contributed by atoms with van der Waals surface area (Å²) in [7, 11) is 0. The van der Waals surface area contributed by atoms with Crippen molar-refractivity contribution in [2.24, 2.45) is 5.92 Å². The summed E-state index contributed by atoms with van der Waals surface area (Å²) in [5, 5.41) is 27.9. The summed E-state index contributed by atoms with van der Waals surface area (Å²) in [6.45, 7) is 4.95. The number of rotatable bonds is 10. The molecule has 10 heteroatoms. The van der Waals surface area contributed by atoms with Crippen LogP contribution in [0.25, 0.3) is 0 Å². The lowest BCUT2D eigenvalue weighted by Crippen LogP contribution is -2.57. The zero-order valence-corrected chi connectivity index (χ0v) is 20.3. The van der Waals surface area contributed by atoms with Gasteiger partial charge in [-0.1, -0.05) is 26.0 Å². The summed E-state index contributed by atoms with van der Waals surface area (Å²) in [5.41, 5.74) is 0.701. The minimum absolute atomic E-state index is 0.0754. The maximum atomic E-state index is 13.4. The van der Waals surface area contributed by atoms with Gasteiger partial charge in [0.05, 0.1) is 6.04 Å². The highest BCUT2D eigenvalue weighted by Gasteiger charge is 2.38. The van der Waals surface area contributed by atoms with Crippen LogP contribution in [0.5, 0.6) is 5.75 Å². The Balaban J connectivity index is 1.79. The molecule has 35 heavy (non-hydrogen) atoms. The van der Waals surface area contributed by atoms with Gasteiger partial charge in [-0.25, -0.2) is 4.79 Å². The smallest absolute Gasteiger partial charge is 0.326 e. The summed E-state index contributed by atoms with van der Waals surface area (Å²) >= 11 is 0. The van der Waals surface area contributed by atoms with Gasteiger partial charge in [-0.2, -0.15) is 0 Å². The number of phenols is 1. The van der Waals surface area contributed by atoms with Crippen LogP contribution in [0.15, 0.2) is 24.3 Å². The van der Waals surface area contributed by atoms with Crippen molar-refractivity contribution in [2.45, 2.75) is 76.5 Å². The molecule has 10 nitrogen and oxygen atoms in total. The highest BCUT2D eigenvalue weighted by atomic mass is 16.4. The van der Waals surface area contributed by atoms with E-state index in [-0.39, 0.29) is 30.0 Å². The Kier molecular flexibility index (Phi) is 9.08. The van der Waals surface area contributed by atoms with Crippen LogP contribution in [-0.4, -0.2) is 76.1 Å². The highest BCUT2D eigenvalue weighted by molar-refractivity contribution is 5.94. The summed E-state index contributed by atoms with van der Waals surface area (Å²) in [5.74, 6) is -2.07. The van der Waals surface area contributed by atoms with Gasteiger partial charge in [-0.05, 0) is 62.3 Å². The quantitative estimate of drug-likeness (QED) is 0.327. The van der Waals surface area contributed by atoms with Gasteiger partial charge in [0.1, 0.15) is 23.9 Å². The van der Waals surface area contributed by atoms with E-state index >= 15 is 0 Å². The molecule has 0 radical (unpaired) electrons. The molecular weight excluding hydrogens is 452 g/mol. The van der Waals surface area contributed by atoms with Crippen molar-refractivity contribution in [3.05, 3.63) is 29.8 Å². The lowest BCUT2D eigenvalue weighted by Gasteiger charge is -2.29. The normalized spacial score (nSPS) is 21.5. The maximum Gasteiger partial charge on any atom is 0.326 e. The van der Waals surface area contributed by atoms with E-state index in [9.17, 15) is 29.4 Å². The Morgan fingerprint density at radius 1 is 1.06 bits per heavy atom. The topological polar surface area (TPSA) is 148 Å². The molecule has 5 N–H and O–H groups in total. The van der Waals surface area contributed by atoms with Gasteiger partial charge in [0.2, 0.25) is 17.7 Å². The predicted octanol–water partition coefficient (Wildman–Crippen LogP) is 0.778.